The Balaban J connectivity index is 2.34. The molecule has 0 aliphatic rings. The number of unbranched alkanes of at least 4 members (excludes halogenated alkanes) is 1. The van der Waals surface area contributed by atoms with Gasteiger partial charge < -0.3 is 14.5 Å². The zero-order valence-corrected chi connectivity index (χ0v) is 11.8. The van der Waals surface area contributed by atoms with Gasteiger partial charge in [0.25, 0.3) is 0 Å². The molecule has 0 fully saturated rings. The average Bonchev–Trinajstić information content (AvgIpc) is 2.67. The van der Waals surface area contributed by atoms with Gasteiger partial charge in [0.05, 0.1) is 13.2 Å². The third kappa shape index (κ3) is 5.52. The van der Waals surface area contributed by atoms with E-state index in [0.717, 1.165) is 43.1 Å². The highest BCUT2D eigenvalue weighted by Crippen LogP contribution is 2.16. The van der Waals surface area contributed by atoms with E-state index < -0.39 is 0 Å². The molecule has 3 nitrogen and oxygen atoms in total. The first-order valence-electron chi connectivity index (χ1n) is 6.63. The van der Waals surface area contributed by atoms with Gasteiger partial charge >= 0.3 is 0 Å². The van der Waals surface area contributed by atoms with Gasteiger partial charge in [-0.05, 0) is 25.8 Å². The topological polar surface area (TPSA) is 34.4 Å². The van der Waals surface area contributed by atoms with Gasteiger partial charge in [0.1, 0.15) is 11.5 Å². The van der Waals surface area contributed by atoms with E-state index in [9.17, 15) is 0 Å². The SMILES string of the molecule is C=CCCCOCc1cc(CNC(C)C)oc1C. The molecule has 0 aromatic carbocycles. The molecule has 1 heterocycles. The molecule has 1 N–H and O–H groups in total. The number of allylic oxidation sites excluding steroid dienone is 1. The molecule has 18 heavy (non-hydrogen) atoms. The molecular weight excluding hydrogens is 226 g/mol. The number of nitrogens with one attached hydrogen (secondary N) is 1. The molecule has 0 bridgehead atoms. The number of hydrogen-bond donors (Lipinski definition) is 1. The van der Waals surface area contributed by atoms with Gasteiger partial charge in [-0.25, -0.2) is 0 Å². The second kappa shape index (κ2) is 8.11. The fourth-order valence-electron chi connectivity index (χ4n) is 1.63. The first kappa shape index (κ1) is 15.0. The van der Waals surface area contributed by atoms with E-state index in [4.69, 9.17) is 9.15 Å². The monoisotopic (exact) mass is 251 g/mol. The average molecular weight is 251 g/mol. The maximum absolute atomic E-state index is 5.68. The van der Waals surface area contributed by atoms with Crippen molar-refractivity contribution in [2.75, 3.05) is 6.61 Å². The number of hydrogen-bond acceptors (Lipinski definition) is 3. The van der Waals surface area contributed by atoms with Crippen LogP contribution in [0.4, 0.5) is 0 Å². The molecule has 1 aromatic rings. The molecule has 0 aliphatic heterocycles. The minimum atomic E-state index is 0.467. The summed E-state index contributed by atoms with van der Waals surface area (Å²) in [7, 11) is 0. The summed E-state index contributed by atoms with van der Waals surface area (Å²) in [4.78, 5) is 0. The normalized spacial score (nSPS) is 11.1. The Morgan fingerprint density at radius 3 is 2.94 bits per heavy atom. The molecule has 1 rings (SSSR count). The highest BCUT2D eigenvalue weighted by molar-refractivity contribution is 5.19. The molecule has 0 saturated heterocycles. The van der Waals surface area contributed by atoms with E-state index >= 15 is 0 Å². The summed E-state index contributed by atoms with van der Waals surface area (Å²) in [6.45, 7) is 12.1. The zero-order chi connectivity index (χ0) is 13.4. The first-order valence-corrected chi connectivity index (χ1v) is 6.63. The van der Waals surface area contributed by atoms with E-state index in [-0.39, 0.29) is 0 Å². The van der Waals surface area contributed by atoms with Crippen molar-refractivity contribution >= 4 is 0 Å². The van der Waals surface area contributed by atoms with E-state index in [1.807, 2.05) is 13.0 Å². The van der Waals surface area contributed by atoms with Crippen molar-refractivity contribution in [2.45, 2.75) is 52.8 Å². The first-order chi connectivity index (χ1) is 8.63. The van der Waals surface area contributed by atoms with E-state index in [1.54, 1.807) is 0 Å². The lowest BCUT2D eigenvalue weighted by atomic mass is 10.2. The van der Waals surface area contributed by atoms with Crippen LogP contribution in [0.15, 0.2) is 23.1 Å². The van der Waals surface area contributed by atoms with Crippen molar-refractivity contribution in [3.63, 3.8) is 0 Å². The molecule has 0 atom stereocenters. The van der Waals surface area contributed by atoms with Crippen LogP contribution in [0.1, 0.15) is 43.8 Å². The van der Waals surface area contributed by atoms with Gasteiger partial charge in [0.15, 0.2) is 0 Å². The minimum Gasteiger partial charge on any atom is -0.465 e. The molecule has 1 aromatic heterocycles. The largest absolute Gasteiger partial charge is 0.465 e. The maximum Gasteiger partial charge on any atom is 0.118 e. The van der Waals surface area contributed by atoms with Crippen LogP contribution in [0.2, 0.25) is 0 Å². The summed E-state index contributed by atoms with van der Waals surface area (Å²) in [6, 6.07) is 2.55. The Morgan fingerprint density at radius 1 is 1.50 bits per heavy atom. The number of ether oxygens (including phenoxy) is 1. The standard InChI is InChI=1S/C15H25NO2/c1-5-6-7-8-17-11-14-9-15(18-13(14)4)10-16-12(2)3/h5,9,12,16H,1,6-8,10-11H2,2-4H3. The zero-order valence-electron chi connectivity index (χ0n) is 11.8. The molecule has 0 aliphatic carbocycles. The van der Waals surface area contributed by atoms with Gasteiger partial charge in [-0.1, -0.05) is 19.9 Å². The van der Waals surface area contributed by atoms with E-state index in [1.165, 1.54) is 0 Å². The summed E-state index contributed by atoms with van der Waals surface area (Å²) in [5.41, 5.74) is 1.15. The second-order valence-corrected chi connectivity index (χ2v) is 4.81. The van der Waals surface area contributed by atoms with Gasteiger partial charge in [-0.15, -0.1) is 6.58 Å². The van der Waals surface area contributed by atoms with Crippen molar-refractivity contribution < 1.29 is 9.15 Å². The summed E-state index contributed by atoms with van der Waals surface area (Å²) >= 11 is 0. The Kier molecular flexibility index (Phi) is 6.76. The lowest BCUT2D eigenvalue weighted by molar-refractivity contribution is 0.118. The molecule has 102 valence electrons. The third-order valence-corrected chi connectivity index (χ3v) is 2.71. The molecule has 0 spiro atoms. The van der Waals surface area contributed by atoms with Gasteiger partial charge in [-0.3, -0.25) is 0 Å². The van der Waals surface area contributed by atoms with Crippen LogP contribution < -0.4 is 5.32 Å². The fraction of sp³-hybridized carbons (Fsp3) is 0.600. The molecule has 0 radical (unpaired) electrons. The summed E-state index contributed by atoms with van der Waals surface area (Å²) in [5, 5.41) is 3.34. The Bertz CT molecular complexity index is 355. The Labute approximate surface area is 110 Å². The van der Waals surface area contributed by atoms with Crippen LogP contribution in [-0.2, 0) is 17.9 Å². The highest BCUT2D eigenvalue weighted by Gasteiger charge is 2.07. The van der Waals surface area contributed by atoms with Gasteiger partial charge in [0.2, 0.25) is 0 Å². The summed E-state index contributed by atoms with van der Waals surface area (Å²) in [6.07, 6.45) is 3.96. The number of aryl methyl sites for hydroxylation is 1. The van der Waals surface area contributed by atoms with E-state index in [2.05, 4.69) is 31.8 Å². The Morgan fingerprint density at radius 2 is 2.28 bits per heavy atom. The van der Waals surface area contributed by atoms with Crippen molar-refractivity contribution in [3.8, 4) is 0 Å². The quantitative estimate of drug-likeness (QED) is 0.538. The predicted molar refractivity (Wildman–Crippen MR) is 74.5 cm³/mol. The summed E-state index contributed by atoms with van der Waals surface area (Å²) < 4.78 is 11.3. The van der Waals surface area contributed by atoms with Crippen molar-refractivity contribution in [3.05, 3.63) is 35.8 Å². The smallest absolute Gasteiger partial charge is 0.118 e. The van der Waals surface area contributed by atoms with Crippen molar-refractivity contribution in [2.24, 2.45) is 0 Å². The molecule has 0 unspecified atom stereocenters. The van der Waals surface area contributed by atoms with Crippen LogP contribution in [-0.4, -0.2) is 12.6 Å². The third-order valence-electron chi connectivity index (χ3n) is 2.71. The van der Waals surface area contributed by atoms with E-state index in [0.29, 0.717) is 12.6 Å². The van der Waals surface area contributed by atoms with Crippen LogP contribution in [0.25, 0.3) is 0 Å². The van der Waals surface area contributed by atoms with Crippen molar-refractivity contribution in [1.82, 2.24) is 5.32 Å². The molecular formula is C15H25NO2. The predicted octanol–water partition coefficient (Wildman–Crippen LogP) is 3.57. The summed E-state index contributed by atoms with van der Waals surface area (Å²) in [5.74, 6) is 1.94. The molecule has 0 amide bonds. The van der Waals surface area contributed by atoms with Crippen molar-refractivity contribution in [1.29, 1.82) is 0 Å². The molecule has 0 saturated carbocycles. The Hall–Kier alpha value is -1.06. The van der Waals surface area contributed by atoms with Crippen LogP contribution in [0.3, 0.4) is 0 Å². The van der Waals surface area contributed by atoms with Gasteiger partial charge in [0, 0.05) is 18.2 Å². The highest BCUT2D eigenvalue weighted by atomic mass is 16.5. The fourth-order valence-corrected chi connectivity index (χ4v) is 1.63. The molecule has 3 heteroatoms. The van der Waals surface area contributed by atoms with Crippen LogP contribution >= 0.6 is 0 Å². The maximum atomic E-state index is 5.68. The van der Waals surface area contributed by atoms with Crippen LogP contribution in [0, 0.1) is 6.92 Å². The van der Waals surface area contributed by atoms with Crippen LogP contribution in [0.5, 0.6) is 0 Å². The second-order valence-electron chi connectivity index (χ2n) is 4.81. The number of furan rings is 1. The van der Waals surface area contributed by atoms with Gasteiger partial charge in [-0.2, -0.15) is 0 Å². The minimum absolute atomic E-state index is 0.467. The number of rotatable bonds is 9. The lowest BCUT2D eigenvalue weighted by Crippen LogP contribution is -2.21. The lowest BCUT2D eigenvalue weighted by Gasteiger charge is -2.04.